The van der Waals surface area contributed by atoms with Gasteiger partial charge in [0.25, 0.3) is 5.91 Å². The molecule has 3 N–H and O–H groups in total. The Morgan fingerprint density at radius 2 is 1.78 bits per heavy atom. The van der Waals surface area contributed by atoms with Crippen molar-refractivity contribution in [2.45, 2.75) is 38.0 Å². The molecule has 7 nitrogen and oxygen atoms in total. The zero-order valence-corrected chi connectivity index (χ0v) is 20.9. The summed E-state index contributed by atoms with van der Waals surface area (Å²) in [6, 6.07) is 20.8. The molecule has 0 spiro atoms. The number of nitrogens with zero attached hydrogens (tertiary/aromatic N) is 1. The maximum Gasteiger partial charge on any atom is 0.255 e. The molecule has 0 saturated heterocycles. The lowest BCUT2D eigenvalue weighted by Crippen LogP contribution is -2.55. The zero-order chi connectivity index (χ0) is 25.7. The summed E-state index contributed by atoms with van der Waals surface area (Å²) in [5.41, 5.74) is 5.20. The first kappa shape index (κ1) is 23.3. The average molecular weight is 513 g/mol. The molecule has 1 aromatic heterocycles. The molecule has 8 heteroatoms. The lowest BCUT2D eigenvalue weighted by atomic mass is 9.90. The van der Waals surface area contributed by atoms with E-state index in [-0.39, 0.29) is 30.3 Å². The molecule has 2 aliphatic rings. The largest absolute Gasteiger partial charge is 0.356 e. The van der Waals surface area contributed by atoms with Gasteiger partial charge in [-0.05, 0) is 41.8 Å². The second-order valence-corrected chi connectivity index (χ2v) is 9.93. The molecule has 0 aliphatic carbocycles. The molecule has 6 rings (SSSR count). The van der Waals surface area contributed by atoms with Crippen LogP contribution in [0.3, 0.4) is 0 Å². The molecule has 0 radical (unpaired) electrons. The van der Waals surface area contributed by atoms with Gasteiger partial charge >= 0.3 is 0 Å². The Balaban J connectivity index is 1.27. The van der Waals surface area contributed by atoms with E-state index >= 15 is 0 Å². The summed E-state index contributed by atoms with van der Waals surface area (Å²) in [6.45, 7) is 1.89. The number of hydrogen-bond acceptors (Lipinski definition) is 3. The predicted octanol–water partition coefficient (Wildman–Crippen LogP) is 4.11. The van der Waals surface area contributed by atoms with E-state index in [1.807, 2.05) is 60.7 Å². The fraction of sp³-hybridized carbons (Fsp3) is 0.207. The van der Waals surface area contributed by atoms with E-state index in [4.69, 9.17) is 11.6 Å². The van der Waals surface area contributed by atoms with Gasteiger partial charge in [-0.15, -0.1) is 0 Å². The van der Waals surface area contributed by atoms with Crippen LogP contribution in [0.4, 0.5) is 0 Å². The van der Waals surface area contributed by atoms with Crippen LogP contribution in [0.15, 0.2) is 72.8 Å². The summed E-state index contributed by atoms with van der Waals surface area (Å²) in [5, 5.41) is 7.28. The average Bonchev–Trinajstić information content (AvgIpc) is 3.43. The summed E-state index contributed by atoms with van der Waals surface area (Å²) in [7, 11) is 0. The molecular formula is C29H25ClN4O3. The molecule has 2 aliphatic heterocycles. The highest BCUT2D eigenvalue weighted by Crippen LogP contribution is 2.46. The number of hydrogen-bond donors (Lipinski definition) is 3. The topological polar surface area (TPSA) is 94.3 Å². The Labute approximate surface area is 218 Å². The van der Waals surface area contributed by atoms with E-state index < -0.39 is 12.1 Å². The molecule has 4 aromatic rings. The first-order valence-electron chi connectivity index (χ1n) is 12.3. The summed E-state index contributed by atoms with van der Waals surface area (Å²) >= 11 is 6.19. The highest BCUT2D eigenvalue weighted by molar-refractivity contribution is 6.31. The Hall–Kier alpha value is -4.10. The number of carbonyl (C=O) groups is 3. The van der Waals surface area contributed by atoms with Crippen LogP contribution in [0.1, 0.15) is 45.7 Å². The van der Waals surface area contributed by atoms with Crippen molar-refractivity contribution in [2.24, 2.45) is 0 Å². The molecule has 0 unspecified atom stereocenters. The maximum atomic E-state index is 13.6. The number of rotatable bonds is 5. The van der Waals surface area contributed by atoms with Gasteiger partial charge in [0.2, 0.25) is 11.8 Å². The maximum absolute atomic E-state index is 13.6. The van der Waals surface area contributed by atoms with Crippen LogP contribution >= 0.6 is 11.6 Å². The lowest BCUT2D eigenvalue weighted by Gasteiger charge is -2.37. The minimum atomic E-state index is -0.794. The monoisotopic (exact) mass is 512 g/mol. The highest BCUT2D eigenvalue weighted by atomic mass is 35.5. The summed E-state index contributed by atoms with van der Waals surface area (Å²) in [5.74, 6) is -0.868. The molecule has 0 fully saturated rings. The lowest BCUT2D eigenvalue weighted by molar-refractivity contribution is -0.131. The number of para-hydroxylation sites is 1. The normalized spacial score (nSPS) is 18.6. The SMILES string of the molecule is C[C@H](NC(=O)[C@@H]1Cc2c([nH]c3ccccc23)[C@@H]2c3ccccc3C(=O)N21)C(=O)NCc1ccccc1Cl. The van der Waals surface area contributed by atoms with Crippen molar-refractivity contribution >= 4 is 40.2 Å². The fourth-order valence-electron chi connectivity index (χ4n) is 5.49. The quantitative estimate of drug-likeness (QED) is 0.375. The van der Waals surface area contributed by atoms with Gasteiger partial charge in [0, 0.05) is 40.1 Å². The van der Waals surface area contributed by atoms with Crippen molar-refractivity contribution in [2.75, 3.05) is 0 Å². The molecule has 0 saturated carbocycles. The number of fused-ring (bicyclic) bond motifs is 7. The van der Waals surface area contributed by atoms with E-state index in [2.05, 4.69) is 15.6 Å². The van der Waals surface area contributed by atoms with E-state index in [0.29, 0.717) is 17.0 Å². The number of aromatic nitrogens is 1. The van der Waals surface area contributed by atoms with Crippen LogP contribution in [0.25, 0.3) is 10.9 Å². The first-order valence-corrected chi connectivity index (χ1v) is 12.6. The van der Waals surface area contributed by atoms with Crippen molar-refractivity contribution in [3.05, 3.63) is 106 Å². The van der Waals surface area contributed by atoms with Crippen LogP contribution in [0, 0.1) is 0 Å². The standard InChI is InChI=1S/C29H25ClN4O3/c1-16(27(35)31-15-17-8-2-6-12-22(17)30)32-28(36)24-14-21-18-9-5-7-13-23(18)33-25(21)26-19-10-3-4-11-20(19)29(37)34(24)26/h2-13,16,24,26,33H,14-15H2,1H3,(H,31,35)(H,32,36)/t16-,24-,26-/m0/s1. The zero-order valence-electron chi connectivity index (χ0n) is 20.1. The third kappa shape index (κ3) is 3.86. The van der Waals surface area contributed by atoms with E-state index in [1.54, 1.807) is 24.0 Å². The number of benzene rings is 3. The molecule has 37 heavy (non-hydrogen) atoms. The second-order valence-electron chi connectivity index (χ2n) is 9.52. The van der Waals surface area contributed by atoms with Gasteiger partial charge in [0.05, 0.1) is 6.04 Å². The van der Waals surface area contributed by atoms with Crippen LogP contribution in [0.2, 0.25) is 5.02 Å². The van der Waals surface area contributed by atoms with Crippen molar-refractivity contribution in [3.8, 4) is 0 Å². The van der Waals surface area contributed by atoms with E-state index in [9.17, 15) is 14.4 Å². The Kier molecular flexibility index (Phi) is 5.72. The van der Waals surface area contributed by atoms with Crippen molar-refractivity contribution < 1.29 is 14.4 Å². The van der Waals surface area contributed by atoms with Gasteiger partial charge in [-0.1, -0.05) is 66.2 Å². The summed E-state index contributed by atoms with van der Waals surface area (Å²) in [4.78, 5) is 45.1. The van der Waals surface area contributed by atoms with Gasteiger partial charge in [-0.25, -0.2) is 0 Å². The molecule has 0 bridgehead atoms. The number of halogens is 1. The molecule has 3 amide bonds. The van der Waals surface area contributed by atoms with Crippen LogP contribution in [-0.2, 0) is 22.6 Å². The molecule has 3 atom stereocenters. The Morgan fingerprint density at radius 3 is 2.62 bits per heavy atom. The molecule has 3 heterocycles. The number of amides is 3. The number of carbonyl (C=O) groups excluding carboxylic acids is 3. The van der Waals surface area contributed by atoms with Crippen LogP contribution in [-0.4, -0.2) is 39.7 Å². The van der Waals surface area contributed by atoms with E-state index in [0.717, 1.165) is 33.3 Å². The van der Waals surface area contributed by atoms with Gasteiger partial charge < -0.3 is 20.5 Å². The minimum absolute atomic E-state index is 0.180. The van der Waals surface area contributed by atoms with Gasteiger partial charge in [0.1, 0.15) is 12.1 Å². The Bertz CT molecular complexity index is 1560. The van der Waals surface area contributed by atoms with Gasteiger partial charge in [0.15, 0.2) is 0 Å². The highest BCUT2D eigenvalue weighted by Gasteiger charge is 2.49. The summed E-state index contributed by atoms with van der Waals surface area (Å²) in [6.07, 6.45) is 0.357. The van der Waals surface area contributed by atoms with Crippen molar-refractivity contribution in [1.82, 2.24) is 20.5 Å². The summed E-state index contributed by atoms with van der Waals surface area (Å²) < 4.78 is 0. The second kappa shape index (κ2) is 9.09. The van der Waals surface area contributed by atoms with Crippen molar-refractivity contribution in [3.63, 3.8) is 0 Å². The number of aromatic amines is 1. The smallest absolute Gasteiger partial charge is 0.255 e. The van der Waals surface area contributed by atoms with Crippen LogP contribution in [0.5, 0.6) is 0 Å². The number of H-pyrrole nitrogens is 1. The molecule has 3 aromatic carbocycles. The van der Waals surface area contributed by atoms with Crippen molar-refractivity contribution in [1.29, 1.82) is 0 Å². The van der Waals surface area contributed by atoms with E-state index in [1.165, 1.54) is 0 Å². The minimum Gasteiger partial charge on any atom is -0.356 e. The Morgan fingerprint density at radius 1 is 1.05 bits per heavy atom. The first-order chi connectivity index (χ1) is 17.9. The van der Waals surface area contributed by atoms with Gasteiger partial charge in [-0.3, -0.25) is 14.4 Å². The molecule has 186 valence electrons. The molecular weight excluding hydrogens is 488 g/mol. The number of nitrogens with one attached hydrogen (secondary N) is 3. The van der Waals surface area contributed by atoms with Gasteiger partial charge in [-0.2, -0.15) is 0 Å². The third-order valence-electron chi connectivity index (χ3n) is 7.32. The third-order valence-corrected chi connectivity index (χ3v) is 7.69. The predicted molar refractivity (Wildman–Crippen MR) is 141 cm³/mol. The van der Waals surface area contributed by atoms with Crippen LogP contribution < -0.4 is 10.6 Å². The fourth-order valence-corrected chi connectivity index (χ4v) is 5.69.